The molecule has 5 aliphatic rings. The second-order valence-corrected chi connectivity index (χ2v) is 11.5. The van der Waals surface area contributed by atoms with Crippen LogP contribution in [0.25, 0.3) is 0 Å². The summed E-state index contributed by atoms with van der Waals surface area (Å²) in [6, 6.07) is 0. The Morgan fingerprint density at radius 1 is 1.19 bits per heavy atom. The van der Waals surface area contributed by atoms with Crippen LogP contribution in [0.2, 0.25) is 0 Å². The van der Waals surface area contributed by atoms with Gasteiger partial charge in [-0.3, -0.25) is 4.79 Å². The van der Waals surface area contributed by atoms with Crippen molar-refractivity contribution < 1.29 is 28.9 Å². The molecular weight excluding hydrogens is 396 g/mol. The molecular formula is C25H34O6. The number of hydrogen-bond acceptors (Lipinski definition) is 6. The van der Waals surface area contributed by atoms with Gasteiger partial charge in [0.15, 0.2) is 0 Å². The Morgan fingerprint density at radius 2 is 1.94 bits per heavy atom. The van der Waals surface area contributed by atoms with E-state index < -0.39 is 11.0 Å². The van der Waals surface area contributed by atoms with E-state index in [1.54, 1.807) is 0 Å². The lowest BCUT2D eigenvalue weighted by molar-refractivity contribution is -0.182. The standard InChI is InChI=1S/C25H34O6/c1-14-11-19(26)29-15(14)12-18-25(5,31-18)10-7-17-22(2)8-6-9-23(3)20(22)16(30-21(23)27)13-24(17,4)28/h11-12,16-18,20,28H,6-10,13H2,1-5H3/t16-,17+,18+,20+,22+,23+,24+,25+/m0/s1. The molecule has 31 heavy (non-hydrogen) atoms. The summed E-state index contributed by atoms with van der Waals surface area (Å²) in [7, 11) is 0. The van der Waals surface area contributed by atoms with Crippen molar-refractivity contribution in [2.75, 3.05) is 0 Å². The van der Waals surface area contributed by atoms with Gasteiger partial charge in [0.1, 0.15) is 18.0 Å². The molecule has 2 saturated carbocycles. The first kappa shape index (κ1) is 21.2. The van der Waals surface area contributed by atoms with E-state index in [1.165, 1.54) is 6.08 Å². The Morgan fingerprint density at radius 3 is 2.61 bits per heavy atom. The smallest absolute Gasteiger partial charge is 0.336 e. The monoisotopic (exact) mass is 430 g/mol. The Hall–Kier alpha value is -1.66. The van der Waals surface area contributed by atoms with Crippen molar-refractivity contribution >= 4 is 11.9 Å². The molecule has 170 valence electrons. The van der Waals surface area contributed by atoms with Gasteiger partial charge in [-0.05, 0) is 76.4 Å². The molecule has 0 bridgehead atoms. The number of cyclic esters (lactones) is 1. The highest BCUT2D eigenvalue weighted by molar-refractivity contribution is 5.88. The van der Waals surface area contributed by atoms with Gasteiger partial charge in [-0.25, -0.2) is 4.79 Å². The average molecular weight is 431 g/mol. The van der Waals surface area contributed by atoms with Gasteiger partial charge < -0.3 is 19.3 Å². The first-order valence-corrected chi connectivity index (χ1v) is 11.6. The van der Waals surface area contributed by atoms with E-state index in [0.29, 0.717) is 12.2 Å². The number of esters is 2. The van der Waals surface area contributed by atoms with Gasteiger partial charge in [0.25, 0.3) is 0 Å². The minimum atomic E-state index is -0.891. The lowest BCUT2D eigenvalue weighted by atomic mass is 9.44. The molecule has 6 nitrogen and oxygen atoms in total. The zero-order valence-electron chi connectivity index (χ0n) is 19.2. The maximum Gasteiger partial charge on any atom is 0.336 e. The molecule has 0 spiro atoms. The molecule has 3 aliphatic heterocycles. The molecule has 2 aliphatic carbocycles. The molecule has 3 heterocycles. The first-order chi connectivity index (χ1) is 14.4. The van der Waals surface area contributed by atoms with Crippen LogP contribution in [0.15, 0.2) is 23.5 Å². The fourth-order valence-electron chi connectivity index (χ4n) is 7.60. The van der Waals surface area contributed by atoms with Crippen LogP contribution in [0.5, 0.6) is 0 Å². The lowest BCUT2D eigenvalue weighted by Gasteiger charge is -2.59. The van der Waals surface area contributed by atoms with E-state index in [2.05, 4.69) is 20.8 Å². The van der Waals surface area contributed by atoms with E-state index in [4.69, 9.17) is 14.2 Å². The van der Waals surface area contributed by atoms with Crippen LogP contribution in [0.1, 0.15) is 73.1 Å². The number of aliphatic hydroxyl groups is 1. The van der Waals surface area contributed by atoms with Crippen LogP contribution in [-0.2, 0) is 23.8 Å². The minimum Gasteiger partial charge on any atom is -0.461 e. The zero-order valence-corrected chi connectivity index (χ0v) is 19.2. The van der Waals surface area contributed by atoms with Gasteiger partial charge in [0, 0.05) is 18.4 Å². The lowest BCUT2D eigenvalue weighted by Crippen LogP contribution is -2.61. The van der Waals surface area contributed by atoms with Crippen molar-refractivity contribution in [3.63, 3.8) is 0 Å². The van der Waals surface area contributed by atoms with Crippen LogP contribution in [0.4, 0.5) is 0 Å². The molecule has 8 atom stereocenters. The van der Waals surface area contributed by atoms with Crippen molar-refractivity contribution in [3.05, 3.63) is 23.5 Å². The predicted molar refractivity (Wildman–Crippen MR) is 113 cm³/mol. The van der Waals surface area contributed by atoms with Gasteiger partial charge >= 0.3 is 11.9 Å². The molecule has 6 heteroatoms. The van der Waals surface area contributed by atoms with E-state index in [0.717, 1.165) is 37.7 Å². The predicted octanol–water partition coefficient (Wildman–Crippen LogP) is 3.82. The summed E-state index contributed by atoms with van der Waals surface area (Å²) in [6.07, 6.45) is 8.10. The van der Waals surface area contributed by atoms with Crippen molar-refractivity contribution in [2.24, 2.45) is 22.7 Å². The van der Waals surface area contributed by atoms with E-state index >= 15 is 0 Å². The summed E-state index contributed by atoms with van der Waals surface area (Å²) in [5, 5.41) is 11.5. The molecule has 0 amide bonds. The van der Waals surface area contributed by atoms with Crippen molar-refractivity contribution in [3.8, 4) is 0 Å². The van der Waals surface area contributed by atoms with E-state index in [-0.39, 0.29) is 47.0 Å². The Bertz CT molecular complexity index is 902. The van der Waals surface area contributed by atoms with Gasteiger partial charge in [-0.15, -0.1) is 0 Å². The van der Waals surface area contributed by atoms with Gasteiger partial charge in [-0.2, -0.15) is 0 Å². The first-order valence-electron chi connectivity index (χ1n) is 11.6. The Kier molecular flexibility index (Phi) is 4.41. The fourth-order valence-corrected chi connectivity index (χ4v) is 7.60. The van der Waals surface area contributed by atoms with Crippen LogP contribution >= 0.6 is 0 Å². The molecule has 0 aromatic heterocycles. The highest BCUT2D eigenvalue weighted by Crippen LogP contribution is 2.66. The maximum atomic E-state index is 12.7. The molecule has 1 N–H and O–H groups in total. The van der Waals surface area contributed by atoms with Crippen molar-refractivity contribution in [1.29, 1.82) is 0 Å². The van der Waals surface area contributed by atoms with Gasteiger partial charge in [0.2, 0.25) is 0 Å². The number of allylic oxidation sites excluding steroid dienone is 1. The average Bonchev–Trinajstić information content (AvgIpc) is 3.03. The fraction of sp³-hybridized carbons (Fsp3) is 0.760. The molecule has 4 fully saturated rings. The van der Waals surface area contributed by atoms with Gasteiger partial charge in [0.05, 0.1) is 16.6 Å². The largest absolute Gasteiger partial charge is 0.461 e. The van der Waals surface area contributed by atoms with Crippen LogP contribution in [0.3, 0.4) is 0 Å². The minimum absolute atomic E-state index is 0.0654. The SMILES string of the molecule is CC1=CC(=O)OC1=C[C@H]1O[C@]1(C)CC[C@@H]1[C@@]2(C)CCC[C@@]3(C)C(=O)O[C@@H](C[C@@]1(C)O)[C@H]23. The molecule has 0 aromatic rings. The summed E-state index contributed by atoms with van der Waals surface area (Å²) in [4.78, 5) is 24.2. The Labute approximate surface area is 184 Å². The molecule has 0 radical (unpaired) electrons. The third kappa shape index (κ3) is 3.05. The summed E-state index contributed by atoms with van der Waals surface area (Å²) >= 11 is 0. The number of epoxide rings is 1. The number of carbonyl (C=O) groups is 2. The number of carbonyl (C=O) groups excluding carboxylic acids is 2. The summed E-state index contributed by atoms with van der Waals surface area (Å²) in [5.41, 5.74) is -0.978. The third-order valence-electron chi connectivity index (χ3n) is 9.17. The highest BCUT2D eigenvalue weighted by atomic mass is 16.6. The normalized spacial score (nSPS) is 51.9. The van der Waals surface area contributed by atoms with E-state index in [1.807, 2.05) is 19.9 Å². The molecule has 0 unspecified atom stereocenters. The van der Waals surface area contributed by atoms with Crippen LogP contribution in [-0.4, -0.2) is 40.5 Å². The van der Waals surface area contributed by atoms with E-state index in [9.17, 15) is 14.7 Å². The molecule has 2 saturated heterocycles. The molecule has 5 rings (SSSR count). The topological polar surface area (TPSA) is 85.4 Å². The maximum absolute atomic E-state index is 12.7. The second-order valence-electron chi connectivity index (χ2n) is 11.5. The number of hydrogen-bond donors (Lipinski definition) is 1. The van der Waals surface area contributed by atoms with Crippen LogP contribution in [0, 0.1) is 22.7 Å². The quantitative estimate of drug-likeness (QED) is 0.539. The van der Waals surface area contributed by atoms with Crippen molar-refractivity contribution in [1.82, 2.24) is 0 Å². The van der Waals surface area contributed by atoms with Crippen molar-refractivity contribution in [2.45, 2.75) is 96.6 Å². The van der Waals surface area contributed by atoms with Gasteiger partial charge in [-0.1, -0.05) is 13.3 Å². The second kappa shape index (κ2) is 6.44. The summed E-state index contributed by atoms with van der Waals surface area (Å²) < 4.78 is 17.1. The Balaban J connectivity index is 1.35. The summed E-state index contributed by atoms with van der Waals surface area (Å²) in [6.45, 7) is 10.2. The third-order valence-corrected chi connectivity index (χ3v) is 9.17. The molecule has 0 aromatic carbocycles. The zero-order chi connectivity index (χ0) is 22.4. The summed E-state index contributed by atoms with van der Waals surface area (Å²) in [5.74, 6) is 0.394. The number of ether oxygens (including phenoxy) is 3. The van der Waals surface area contributed by atoms with Crippen LogP contribution < -0.4 is 0 Å². The highest BCUT2D eigenvalue weighted by Gasteiger charge is 2.69. The number of rotatable bonds is 4.